The van der Waals surface area contributed by atoms with E-state index in [1.165, 1.54) is 12.1 Å². The molecule has 0 amide bonds. The van der Waals surface area contributed by atoms with Gasteiger partial charge in [0.05, 0.1) is 6.04 Å². The molecule has 1 aliphatic rings. The summed E-state index contributed by atoms with van der Waals surface area (Å²) in [5, 5.41) is 7.09. The van der Waals surface area contributed by atoms with E-state index in [4.69, 9.17) is 4.52 Å². The summed E-state index contributed by atoms with van der Waals surface area (Å²) in [5.41, 5.74) is 0.846. The van der Waals surface area contributed by atoms with Crippen molar-refractivity contribution in [3.8, 4) is 0 Å². The fourth-order valence-corrected chi connectivity index (χ4v) is 1.81. The van der Waals surface area contributed by atoms with E-state index in [-0.39, 0.29) is 11.9 Å². The van der Waals surface area contributed by atoms with E-state index in [1.54, 1.807) is 6.07 Å². The number of nitrogens with one attached hydrogen (secondary N) is 1. The predicted octanol–water partition coefficient (Wildman–Crippen LogP) is 1.83. The third kappa shape index (κ3) is 2.19. The maximum atomic E-state index is 13.0. The maximum Gasteiger partial charge on any atom is 0.243 e. The summed E-state index contributed by atoms with van der Waals surface area (Å²) in [6.45, 7) is 0.992. The molecule has 0 spiro atoms. The molecular weight excluding hydrogens is 221 g/mol. The molecule has 0 unspecified atom stereocenters. The van der Waals surface area contributed by atoms with E-state index in [9.17, 15) is 4.39 Å². The van der Waals surface area contributed by atoms with Crippen molar-refractivity contribution >= 4 is 0 Å². The molecule has 0 saturated carbocycles. The highest BCUT2D eigenvalue weighted by molar-refractivity contribution is 5.19. The summed E-state index contributed by atoms with van der Waals surface area (Å²) in [7, 11) is 0. The molecule has 17 heavy (non-hydrogen) atoms. The molecule has 5 heteroatoms. The smallest absolute Gasteiger partial charge is 0.243 e. The molecule has 3 rings (SSSR count). The molecule has 2 heterocycles. The summed E-state index contributed by atoms with van der Waals surface area (Å²) in [6, 6.07) is 6.63. The van der Waals surface area contributed by atoms with Gasteiger partial charge in [0, 0.05) is 6.42 Å². The molecule has 0 bridgehead atoms. The van der Waals surface area contributed by atoms with Crippen LogP contribution < -0.4 is 5.32 Å². The van der Waals surface area contributed by atoms with Crippen molar-refractivity contribution in [2.45, 2.75) is 18.9 Å². The van der Waals surface area contributed by atoms with Gasteiger partial charge in [0.15, 0.2) is 5.82 Å². The minimum absolute atomic E-state index is 0.198. The molecule has 1 aliphatic heterocycles. The Kier molecular flexibility index (Phi) is 2.60. The van der Waals surface area contributed by atoms with E-state index in [2.05, 4.69) is 15.5 Å². The molecule has 0 aliphatic carbocycles. The lowest BCUT2D eigenvalue weighted by atomic mass is 10.1. The molecule has 1 aromatic carbocycles. The fourth-order valence-electron chi connectivity index (χ4n) is 1.81. The van der Waals surface area contributed by atoms with E-state index in [0.717, 1.165) is 18.5 Å². The number of rotatable bonds is 3. The lowest BCUT2D eigenvalue weighted by Crippen LogP contribution is -2.35. The minimum atomic E-state index is -0.244. The van der Waals surface area contributed by atoms with E-state index >= 15 is 0 Å². The van der Waals surface area contributed by atoms with Gasteiger partial charge in [0.1, 0.15) is 5.82 Å². The first-order chi connectivity index (χ1) is 8.31. The van der Waals surface area contributed by atoms with Gasteiger partial charge in [-0.25, -0.2) is 4.39 Å². The Labute approximate surface area is 97.8 Å². The molecule has 1 N–H and O–H groups in total. The van der Waals surface area contributed by atoms with Crippen molar-refractivity contribution in [2.75, 3.05) is 6.54 Å². The summed E-state index contributed by atoms with van der Waals surface area (Å²) in [5.74, 6) is 0.980. The van der Waals surface area contributed by atoms with E-state index in [1.807, 2.05) is 6.07 Å². The van der Waals surface area contributed by atoms with E-state index in [0.29, 0.717) is 18.1 Å². The number of hydrogen-bond acceptors (Lipinski definition) is 4. The van der Waals surface area contributed by atoms with Gasteiger partial charge in [-0.05, 0) is 30.7 Å². The van der Waals surface area contributed by atoms with Gasteiger partial charge in [-0.1, -0.05) is 17.3 Å². The quantitative estimate of drug-likeness (QED) is 0.878. The number of hydrogen-bond donors (Lipinski definition) is 1. The van der Waals surface area contributed by atoms with Gasteiger partial charge in [0.2, 0.25) is 5.89 Å². The zero-order valence-corrected chi connectivity index (χ0v) is 9.19. The number of nitrogens with zero attached hydrogens (tertiary/aromatic N) is 2. The fraction of sp³-hybridized carbons (Fsp3) is 0.333. The molecular formula is C12H12FN3O. The second kappa shape index (κ2) is 4.25. The van der Waals surface area contributed by atoms with Crippen LogP contribution in [0.2, 0.25) is 0 Å². The second-order valence-corrected chi connectivity index (χ2v) is 4.15. The van der Waals surface area contributed by atoms with Gasteiger partial charge in [-0.15, -0.1) is 0 Å². The zero-order chi connectivity index (χ0) is 11.7. The van der Waals surface area contributed by atoms with Crippen molar-refractivity contribution in [1.29, 1.82) is 0 Å². The minimum Gasteiger partial charge on any atom is -0.338 e. The Bertz CT molecular complexity index is 522. The molecule has 1 atom stereocenters. The average molecular weight is 233 g/mol. The lowest BCUT2D eigenvalue weighted by Gasteiger charge is -2.23. The number of benzene rings is 1. The molecule has 1 fully saturated rings. The van der Waals surface area contributed by atoms with Crippen molar-refractivity contribution in [2.24, 2.45) is 0 Å². The Balaban J connectivity index is 1.74. The molecule has 1 aromatic heterocycles. The largest absolute Gasteiger partial charge is 0.338 e. The lowest BCUT2D eigenvalue weighted by molar-refractivity contribution is 0.272. The highest BCUT2D eigenvalue weighted by Crippen LogP contribution is 2.21. The number of halogens is 1. The summed E-state index contributed by atoms with van der Waals surface area (Å²) in [6.07, 6.45) is 1.52. The second-order valence-electron chi connectivity index (χ2n) is 4.15. The Morgan fingerprint density at radius 3 is 3.06 bits per heavy atom. The first kappa shape index (κ1) is 10.4. The highest BCUT2D eigenvalue weighted by atomic mass is 19.1. The van der Waals surface area contributed by atoms with Crippen LogP contribution in [0.15, 0.2) is 28.8 Å². The standard InChI is InChI=1S/C12H12FN3O/c13-9-3-1-2-8(6-9)7-11-15-12(17-16-11)10-4-5-14-10/h1-3,6,10,14H,4-5,7H2/t10-/m1/s1. The summed E-state index contributed by atoms with van der Waals surface area (Å²) < 4.78 is 18.1. The van der Waals surface area contributed by atoms with Crippen LogP contribution >= 0.6 is 0 Å². The van der Waals surface area contributed by atoms with Gasteiger partial charge >= 0.3 is 0 Å². The normalized spacial score (nSPS) is 19.0. The third-order valence-electron chi connectivity index (χ3n) is 2.86. The molecule has 0 radical (unpaired) electrons. The maximum absolute atomic E-state index is 13.0. The van der Waals surface area contributed by atoms with Crippen molar-refractivity contribution in [3.63, 3.8) is 0 Å². The molecule has 2 aromatic rings. The van der Waals surface area contributed by atoms with Crippen molar-refractivity contribution in [3.05, 3.63) is 47.4 Å². The van der Waals surface area contributed by atoms with Crippen molar-refractivity contribution < 1.29 is 8.91 Å². The number of aromatic nitrogens is 2. The Morgan fingerprint density at radius 2 is 2.35 bits per heavy atom. The Morgan fingerprint density at radius 1 is 1.47 bits per heavy atom. The van der Waals surface area contributed by atoms with Crippen molar-refractivity contribution in [1.82, 2.24) is 15.5 Å². The molecule has 1 saturated heterocycles. The van der Waals surface area contributed by atoms with E-state index < -0.39 is 0 Å². The topological polar surface area (TPSA) is 51.0 Å². The average Bonchev–Trinajstić information content (AvgIpc) is 2.63. The first-order valence-corrected chi connectivity index (χ1v) is 5.61. The van der Waals surface area contributed by atoms with Crippen LogP contribution in [-0.2, 0) is 6.42 Å². The van der Waals surface area contributed by atoms with Gasteiger partial charge < -0.3 is 9.84 Å². The molecule has 88 valence electrons. The predicted molar refractivity (Wildman–Crippen MR) is 58.9 cm³/mol. The van der Waals surface area contributed by atoms with Crippen LogP contribution in [0.4, 0.5) is 4.39 Å². The summed E-state index contributed by atoms with van der Waals surface area (Å²) in [4.78, 5) is 4.29. The van der Waals surface area contributed by atoms with Crippen LogP contribution in [0.25, 0.3) is 0 Å². The van der Waals surface area contributed by atoms with Gasteiger partial charge in [-0.3, -0.25) is 0 Å². The Hall–Kier alpha value is -1.75. The highest BCUT2D eigenvalue weighted by Gasteiger charge is 2.24. The first-order valence-electron chi connectivity index (χ1n) is 5.61. The SMILES string of the molecule is Fc1cccc(Cc2noc([C@H]3CCN3)n2)c1. The van der Waals surface area contributed by atoms with Crippen LogP contribution in [0.1, 0.15) is 29.7 Å². The van der Waals surface area contributed by atoms with Crippen LogP contribution in [0, 0.1) is 5.82 Å². The van der Waals surface area contributed by atoms with Crippen LogP contribution in [0.5, 0.6) is 0 Å². The molecule has 4 nitrogen and oxygen atoms in total. The van der Waals surface area contributed by atoms with Crippen LogP contribution in [-0.4, -0.2) is 16.7 Å². The van der Waals surface area contributed by atoms with Gasteiger partial charge in [-0.2, -0.15) is 4.98 Å². The zero-order valence-electron chi connectivity index (χ0n) is 9.19. The third-order valence-corrected chi connectivity index (χ3v) is 2.86. The van der Waals surface area contributed by atoms with Gasteiger partial charge in [0.25, 0.3) is 0 Å². The monoisotopic (exact) mass is 233 g/mol. The summed E-state index contributed by atoms with van der Waals surface area (Å²) >= 11 is 0. The van der Waals surface area contributed by atoms with Crippen LogP contribution in [0.3, 0.4) is 0 Å².